The molecule has 21 heavy (non-hydrogen) atoms. The summed E-state index contributed by atoms with van der Waals surface area (Å²) in [5.41, 5.74) is 1.40. The van der Waals surface area contributed by atoms with Crippen molar-refractivity contribution in [2.24, 2.45) is 5.92 Å². The molecule has 1 aromatic carbocycles. The first-order valence-corrected chi connectivity index (χ1v) is 7.51. The fourth-order valence-electron chi connectivity index (χ4n) is 2.90. The van der Waals surface area contributed by atoms with Crippen molar-refractivity contribution in [2.45, 2.75) is 25.7 Å². The highest BCUT2D eigenvalue weighted by Gasteiger charge is 2.24. The van der Waals surface area contributed by atoms with Crippen molar-refractivity contribution in [1.29, 1.82) is 0 Å². The molecule has 3 rings (SSSR count). The van der Waals surface area contributed by atoms with Crippen LogP contribution in [0.1, 0.15) is 35.4 Å². The Balaban J connectivity index is 1.46. The number of hydrogen-bond donors (Lipinski definition) is 1. The van der Waals surface area contributed by atoms with Gasteiger partial charge in [-0.15, -0.1) is 0 Å². The summed E-state index contributed by atoms with van der Waals surface area (Å²) < 4.78 is 0. The summed E-state index contributed by atoms with van der Waals surface area (Å²) in [4.78, 5) is 17.9. The maximum absolute atomic E-state index is 12.1. The molecule has 0 aliphatic carbocycles. The SMILES string of the molecule is O=C(c1ncn[nH]1)N1CCC(CCc2ccccc2)CC1. The molecule has 0 bridgehead atoms. The Morgan fingerprint density at radius 1 is 1.24 bits per heavy atom. The molecule has 1 amide bonds. The van der Waals surface area contributed by atoms with E-state index in [1.165, 1.54) is 18.3 Å². The van der Waals surface area contributed by atoms with Crippen LogP contribution in [0.5, 0.6) is 0 Å². The number of nitrogens with one attached hydrogen (secondary N) is 1. The molecule has 1 N–H and O–H groups in total. The number of piperidine rings is 1. The lowest BCUT2D eigenvalue weighted by Gasteiger charge is -2.31. The van der Waals surface area contributed by atoms with Gasteiger partial charge >= 0.3 is 0 Å². The topological polar surface area (TPSA) is 61.9 Å². The molecular formula is C16H20N4O. The second kappa shape index (κ2) is 6.52. The van der Waals surface area contributed by atoms with Crippen molar-refractivity contribution in [3.8, 4) is 0 Å². The van der Waals surface area contributed by atoms with Crippen LogP contribution in [0.15, 0.2) is 36.7 Å². The van der Waals surface area contributed by atoms with E-state index < -0.39 is 0 Å². The highest BCUT2D eigenvalue weighted by atomic mass is 16.2. The maximum atomic E-state index is 12.1. The molecule has 1 fully saturated rings. The lowest BCUT2D eigenvalue weighted by atomic mass is 9.90. The highest BCUT2D eigenvalue weighted by molar-refractivity contribution is 5.90. The lowest BCUT2D eigenvalue weighted by Crippen LogP contribution is -2.39. The van der Waals surface area contributed by atoms with E-state index in [-0.39, 0.29) is 5.91 Å². The Morgan fingerprint density at radius 3 is 2.67 bits per heavy atom. The second-order valence-electron chi connectivity index (χ2n) is 5.59. The number of aromatic nitrogens is 3. The van der Waals surface area contributed by atoms with Gasteiger partial charge in [0.25, 0.3) is 5.91 Å². The van der Waals surface area contributed by atoms with Crippen molar-refractivity contribution in [3.63, 3.8) is 0 Å². The van der Waals surface area contributed by atoms with Gasteiger partial charge < -0.3 is 4.90 Å². The number of aryl methyl sites for hydroxylation is 1. The maximum Gasteiger partial charge on any atom is 0.291 e. The van der Waals surface area contributed by atoms with Crippen LogP contribution in [-0.4, -0.2) is 39.1 Å². The number of benzene rings is 1. The molecule has 1 aliphatic rings. The quantitative estimate of drug-likeness (QED) is 0.937. The van der Waals surface area contributed by atoms with Gasteiger partial charge in [0.2, 0.25) is 5.82 Å². The fourth-order valence-corrected chi connectivity index (χ4v) is 2.90. The molecule has 0 unspecified atom stereocenters. The summed E-state index contributed by atoms with van der Waals surface area (Å²) >= 11 is 0. The van der Waals surface area contributed by atoms with Crippen LogP contribution >= 0.6 is 0 Å². The zero-order valence-electron chi connectivity index (χ0n) is 12.0. The molecule has 1 saturated heterocycles. The standard InChI is InChI=1S/C16H20N4O/c21-16(15-17-12-18-19-15)20-10-8-14(9-11-20)7-6-13-4-2-1-3-5-13/h1-5,12,14H,6-11H2,(H,17,18,19). The minimum Gasteiger partial charge on any atom is -0.336 e. The van der Waals surface area contributed by atoms with Gasteiger partial charge in [0.05, 0.1) is 0 Å². The minimum absolute atomic E-state index is 0.0333. The van der Waals surface area contributed by atoms with Crippen molar-refractivity contribution in [2.75, 3.05) is 13.1 Å². The van der Waals surface area contributed by atoms with Crippen LogP contribution in [0.25, 0.3) is 0 Å². The minimum atomic E-state index is -0.0333. The van der Waals surface area contributed by atoms with Crippen molar-refractivity contribution < 1.29 is 4.79 Å². The number of carbonyl (C=O) groups is 1. The summed E-state index contributed by atoms with van der Waals surface area (Å²) in [5.74, 6) is 1.02. The fraction of sp³-hybridized carbons (Fsp3) is 0.438. The molecule has 2 heterocycles. The van der Waals surface area contributed by atoms with E-state index in [9.17, 15) is 4.79 Å². The van der Waals surface area contributed by atoms with Gasteiger partial charge in [-0.1, -0.05) is 30.3 Å². The second-order valence-corrected chi connectivity index (χ2v) is 5.59. The highest BCUT2D eigenvalue weighted by Crippen LogP contribution is 2.23. The van der Waals surface area contributed by atoms with Gasteiger partial charge in [0.15, 0.2) is 0 Å². The zero-order valence-corrected chi connectivity index (χ0v) is 12.0. The summed E-state index contributed by atoms with van der Waals surface area (Å²) in [6.07, 6.45) is 5.86. The van der Waals surface area contributed by atoms with Gasteiger partial charge in [0, 0.05) is 13.1 Å². The Hall–Kier alpha value is -2.17. The normalized spacial score (nSPS) is 16.1. The molecule has 0 atom stereocenters. The van der Waals surface area contributed by atoms with E-state index in [2.05, 4.69) is 45.5 Å². The van der Waals surface area contributed by atoms with E-state index in [0.29, 0.717) is 11.7 Å². The molecule has 5 heteroatoms. The molecular weight excluding hydrogens is 264 g/mol. The molecule has 1 aromatic heterocycles. The lowest BCUT2D eigenvalue weighted by molar-refractivity contribution is 0.0675. The Bertz CT molecular complexity index is 559. The van der Waals surface area contributed by atoms with E-state index in [4.69, 9.17) is 0 Å². The van der Waals surface area contributed by atoms with Gasteiger partial charge in [-0.2, -0.15) is 5.10 Å². The van der Waals surface area contributed by atoms with Crippen LogP contribution in [-0.2, 0) is 6.42 Å². The molecule has 5 nitrogen and oxygen atoms in total. The number of hydrogen-bond acceptors (Lipinski definition) is 3. The molecule has 0 radical (unpaired) electrons. The van der Waals surface area contributed by atoms with E-state index in [1.807, 2.05) is 4.90 Å². The van der Waals surface area contributed by atoms with Crippen LogP contribution in [0.4, 0.5) is 0 Å². The Labute approximate surface area is 124 Å². The average Bonchev–Trinajstić information content (AvgIpc) is 3.08. The number of aromatic amines is 1. The number of nitrogens with zero attached hydrogens (tertiary/aromatic N) is 3. The third kappa shape index (κ3) is 3.48. The van der Waals surface area contributed by atoms with E-state index in [0.717, 1.165) is 32.4 Å². The van der Waals surface area contributed by atoms with Gasteiger partial charge in [-0.05, 0) is 37.2 Å². The van der Waals surface area contributed by atoms with E-state index >= 15 is 0 Å². The first-order chi connectivity index (χ1) is 10.3. The van der Waals surface area contributed by atoms with Gasteiger partial charge in [-0.3, -0.25) is 9.89 Å². The number of carbonyl (C=O) groups excluding carboxylic acids is 1. The molecule has 1 aliphatic heterocycles. The first-order valence-electron chi connectivity index (χ1n) is 7.51. The third-order valence-corrected chi connectivity index (χ3v) is 4.20. The Kier molecular flexibility index (Phi) is 4.28. The predicted octanol–water partition coefficient (Wildman–Crippen LogP) is 2.29. The van der Waals surface area contributed by atoms with Crippen LogP contribution in [0.2, 0.25) is 0 Å². The van der Waals surface area contributed by atoms with E-state index in [1.54, 1.807) is 0 Å². The summed E-state index contributed by atoms with van der Waals surface area (Å²) in [6.45, 7) is 1.64. The summed E-state index contributed by atoms with van der Waals surface area (Å²) in [5, 5.41) is 6.37. The number of amides is 1. The van der Waals surface area contributed by atoms with Gasteiger partial charge in [-0.25, -0.2) is 4.98 Å². The molecule has 0 spiro atoms. The van der Waals surface area contributed by atoms with Crippen LogP contribution < -0.4 is 0 Å². The number of likely N-dealkylation sites (tertiary alicyclic amines) is 1. The molecule has 110 valence electrons. The van der Waals surface area contributed by atoms with Crippen molar-refractivity contribution in [1.82, 2.24) is 20.1 Å². The zero-order chi connectivity index (χ0) is 14.5. The van der Waals surface area contributed by atoms with Gasteiger partial charge in [0.1, 0.15) is 6.33 Å². The van der Waals surface area contributed by atoms with Crippen molar-refractivity contribution in [3.05, 3.63) is 48.0 Å². The van der Waals surface area contributed by atoms with Crippen LogP contribution in [0.3, 0.4) is 0 Å². The average molecular weight is 284 g/mol. The molecule has 0 saturated carbocycles. The van der Waals surface area contributed by atoms with Crippen LogP contribution in [0, 0.1) is 5.92 Å². The monoisotopic (exact) mass is 284 g/mol. The number of H-pyrrole nitrogens is 1. The first kappa shape index (κ1) is 13.8. The largest absolute Gasteiger partial charge is 0.336 e. The Morgan fingerprint density at radius 2 is 2.00 bits per heavy atom. The predicted molar refractivity (Wildman–Crippen MR) is 79.8 cm³/mol. The van der Waals surface area contributed by atoms with Crippen molar-refractivity contribution >= 4 is 5.91 Å². The summed E-state index contributed by atoms with van der Waals surface area (Å²) in [6, 6.07) is 10.6. The third-order valence-electron chi connectivity index (χ3n) is 4.20. The molecule has 2 aromatic rings. The summed E-state index contributed by atoms with van der Waals surface area (Å²) in [7, 11) is 0. The number of rotatable bonds is 4. The smallest absolute Gasteiger partial charge is 0.291 e.